The van der Waals surface area contributed by atoms with Crippen LogP contribution in [0.5, 0.6) is 5.75 Å². The van der Waals surface area contributed by atoms with Crippen molar-refractivity contribution in [1.82, 2.24) is 9.78 Å². The first-order chi connectivity index (χ1) is 20.8. The van der Waals surface area contributed by atoms with Crippen molar-refractivity contribution in [3.63, 3.8) is 0 Å². The van der Waals surface area contributed by atoms with Crippen molar-refractivity contribution in [2.24, 2.45) is 0 Å². The zero-order valence-corrected chi connectivity index (χ0v) is 26.6. The Labute approximate surface area is 255 Å². The predicted molar refractivity (Wildman–Crippen MR) is 179 cm³/mol. The van der Waals surface area contributed by atoms with E-state index in [1.54, 1.807) is 0 Å². The number of nitrogens with one attached hydrogen (secondary N) is 1. The highest BCUT2D eigenvalue weighted by atomic mass is 28.3. The lowest BCUT2D eigenvalue weighted by atomic mass is 9.93. The number of rotatable bonds is 13. The SMILES string of the molecule is CCCC(=O)Nc1nn(COCC[Si](C)(C)C)c2cc(-c3ccc(OCc4ccccc4)cc3)c(-c3ccccc3)cc12. The van der Waals surface area contributed by atoms with Crippen LogP contribution in [0, 0.1) is 0 Å². The van der Waals surface area contributed by atoms with E-state index in [4.69, 9.17) is 14.6 Å². The first-order valence-electron chi connectivity index (χ1n) is 15.1. The number of hydrogen-bond acceptors (Lipinski definition) is 4. The number of fused-ring (bicyclic) bond motifs is 1. The normalized spacial score (nSPS) is 11.5. The zero-order valence-electron chi connectivity index (χ0n) is 25.6. The Bertz CT molecular complexity index is 1640. The summed E-state index contributed by atoms with van der Waals surface area (Å²) in [5, 5.41) is 8.78. The monoisotopic (exact) mass is 591 g/mol. The number of carbonyl (C=O) groups excluding carboxylic acids is 1. The molecule has 0 atom stereocenters. The maximum Gasteiger partial charge on any atom is 0.225 e. The minimum atomic E-state index is -1.22. The quantitative estimate of drug-likeness (QED) is 0.110. The summed E-state index contributed by atoms with van der Waals surface area (Å²) in [5.74, 6) is 1.34. The van der Waals surface area contributed by atoms with Gasteiger partial charge < -0.3 is 14.8 Å². The molecule has 0 saturated carbocycles. The molecule has 0 unspecified atom stereocenters. The molecular formula is C36H41N3O3Si. The van der Waals surface area contributed by atoms with Crippen molar-refractivity contribution in [2.75, 3.05) is 11.9 Å². The van der Waals surface area contributed by atoms with E-state index >= 15 is 0 Å². The fourth-order valence-corrected chi connectivity index (χ4v) is 5.69. The molecule has 0 aliphatic heterocycles. The molecule has 4 aromatic carbocycles. The van der Waals surface area contributed by atoms with Crippen molar-refractivity contribution in [1.29, 1.82) is 0 Å². The number of aromatic nitrogens is 2. The number of anilines is 1. The molecule has 1 N–H and O–H groups in total. The summed E-state index contributed by atoms with van der Waals surface area (Å²) in [7, 11) is -1.22. The van der Waals surface area contributed by atoms with Crippen LogP contribution >= 0.6 is 0 Å². The minimum Gasteiger partial charge on any atom is -0.489 e. The molecule has 0 saturated heterocycles. The van der Waals surface area contributed by atoms with Gasteiger partial charge in [0.25, 0.3) is 0 Å². The first kappa shape index (κ1) is 30.3. The molecule has 6 nitrogen and oxygen atoms in total. The van der Waals surface area contributed by atoms with E-state index in [9.17, 15) is 4.79 Å². The van der Waals surface area contributed by atoms with Crippen molar-refractivity contribution < 1.29 is 14.3 Å². The van der Waals surface area contributed by atoms with Crippen molar-refractivity contribution in [3.8, 4) is 28.0 Å². The molecule has 5 aromatic rings. The largest absolute Gasteiger partial charge is 0.489 e. The van der Waals surface area contributed by atoms with Gasteiger partial charge in [-0.1, -0.05) is 99.4 Å². The van der Waals surface area contributed by atoms with Gasteiger partial charge in [0.1, 0.15) is 19.1 Å². The molecule has 1 aromatic heterocycles. The third kappa shape index (κ3) is 8.00. The van der Waals surface area contributed by atoms with Crippen LogP contribution < -0.4 is 10.1 Å². The summed E-state index contributed by atoms with van der Waals surface area (Å²) < 4.78 is 14.0. The van der Waals surface area contributed by atoms with Gasteiger partial charge in [-0.15, -0.1) is 0 Å². The predicted octanol–water partition coefficient (Wildman–Crippen LogP) is 9.00. The topological polar surface area (TPSA) is 65.4 Å². The number of benzene rings is 4. The highest BCUT2D eigenvalue weighted by Crippen LogP contribution is 2.38. The Morgan fingerprint density at radius 1 is 0.860 bits per heavy atom. The van der Waals surface area contributed by atoms with E-state index in [1.165, 1.54) is 0 Å². The third-order valence-corrected chi connectivity index (χ3v) is 9.04. The molecule has 1 heterocycles. The van der Waals surface area contributed by atoms with Crippen LogP contribution in [-0.2, 0) is 22.9 Å². The van der Waals surface area contributed by atoms with Gasteiger partial charge in [-0.25, -0.2) is 4.68 Å². The summed E-state index contributed by atoms with van der Waals surface area (Å²) in [6, 6.07) is 34.1. The second kappa shape index (κ2) is 13.8. The Hall–Kier alpha value is -4.20. The fraction of sp³-hybridized carbons (Fsp3) is 0.278. The number of ether oxygens (including phenoxy) is 2. The third-order valence-electron chi connectivity index (χ3n) is 7.33. The van der Waals surface area contributed by atoms with Crippen molar-refractivity contribution >= 4 is 30.7 Å². The Morgan fingerprint density at radius 2 is 1.51 bits per heavy atom. The van der Waals surface area contributed by atoms with Crippen LogP contribution in [0.25, 0.3) is 33.2 Å². The smallest absolute Gasteiger partial charge is 0.225 e. The Kier molecular flexibility index (Phi) is 9.74. The van der Waals surface area contributed by atoms with Gasteiger partial charge >= 0.3 is 0 Å². The standard InChI is InChI=1S/C36H41N3O3Si/c1-5-12-35(40)37-36-33-23-31(28-15-10-7-11-16-28)32(24-34(33)39(38-36)26-41-21-22-43(2,3)4)29-17-19-30(20-18-29)42-25-27-13-8-6-9-14-27/h6-11,13-20,23-24H,5,12,21-22,25-26H2,1-4H3,(H,37,38,40). The summed E-state index contributed by atoms with van der Waals surface area (Å²) in [5.41, 5.74) is 6.34. The molecule has 43 heavy (non-hydrogen) atoms. The summed E-state index contributed by atoms with van der Waals surface area (Å²) in [4.78, 5) is 12.7. The minimum absolute atomic E-state index is 0.0369. The molecule has 0 bridgehead atoms. The average Bonchev–Trinajstić information content (AvgIpc) is 3.34. The summed E-state index contributed by atoms with van der Waals surface area (Å²) in [6.45, 7) is 10.6. The fourth-order valence-electron chi connectivity index (χ4n) is 4.93. The molecule has 0 spiro atoms. The van der Waals surface area contributed by atoms with E-state index in [0.29, 0.717) is 32.2 Å². The van der Waals surface area contributed by atoms with Crippen LogP contribution in [-0.4, -0.2) is 30.4 Å². The van der Waals surface area contributed by atoms with Gasteiger partial charge in [-0.3, -0.25) is 4.79 Å². The summed E-state index contributed by atoms with van der Waals surface area (Å²) >= 11 is 0. The molecule has 0 aliphatic rings. The van der Waals surface area contributed by atoms with Crippen molar-refractivity contribution in [2.45, 2.75) is 58.8 Å². The van der Waals surface area contributed by atoms with Crippen molar-refractivity contribution in [3.05, 3.63) is 103 Å². The molecular weight excluding hydrogens is 551 g/mol. The molecule has 0 radical (unpaired) electrons. The van der Waals surface area contributed by atoms with E-state index in [0.717, 1.165) is 56.9 Å². The van der Waals surface area contributed by atoms with Gasteiger partial charge in [0.15, 0.2) is 5.82 Å². The molecule has 1 amide bonds. The number of hydrogen-bond donors (Lipinski definition) is 1. The molecule has 222 valence electrons. The maximum absolute atomic E-state index is 12.7. The van der Waals surface area contributed by atoms with E-state index in [1.807, 2.05) is 60.1 Å². The second-order valence-electron chi connectivity index (χ2n) is 12.1. The first-order valence-corrected chi connectivity index (χ1v) is 18.8. The summed E-state index contributed by atoms with van der Waals surface area (Å²) in [6.07, 6.45) is 1.22. The molecule has 0 aliphatic carbocycles. The lowest BCUT2D eigenvalue weighted by Gasteiger charge is -2.16. The highest BCUT2D eigenvalue weighted by molar-refractivity contribution is 6.76. The Morgan fingerprint density at radius 3 is 2.19 bits per heavy atom. The van der Waals surface area contributed by atoms with Crippen LogP contribution in [0.2, 0.25) is 25.7 Å². The average molecular weight is 592 g/mol. The highest BCUT2D eigenvalue weighted by Gasteiger charge is 2.19. The maximum atomic E-state index is 12.7. The van der Waals surface area contributed by atoms with Gasteiger partial charge in [-0.2, -0.15) is 5.10 Å². The van der Waals surface area contributed by atoms with Crippen LogP contribution in [0.15, 0.2) is 97.1 Å². The molecule has 7 heteroatoms. The van der Waals surface area contributed by atoms with E-state index < -0.39 is 8.07 Å². The van der Waals surface area contributed by atoms with Gasteiger partial charge in [-0.05, 0) is 64.5 Å². The lowest BCUT2D eigenvalue weighted by molar-refractivity contribution is -0.116. The molecule has 5 rings (SSSR count). The van der Waals surface area contributed by atoms with E-state index in [2.05, 4.69) is 73.5 Å². The van der Waals surface area contributed by atoms with Gasteiger partial charge in [0, 0.05) is 26.5 Å². The van der Waals surface area contributed by atoms with Crippen LogP contribution in [0.1, 0.15) is 25.3 Å². The molecule has 0 fully saturated rings. The second-order valence-corrected chi connectivity index (χ2v) is 17.7. The zero-order chi connectivity index (χ0) is 30.2. The Balaban J connectivity index is 1.53. The number of amides is 1. The van der Waals surface area contributed by atoms with Crippen LogP contribution in [0.3, 0.4) is 0 Å². The van der Waals surface area contributed by atoms with E-state index in [-0.39, 0.29) is 5.91 Å². The van der Waals surface area contributed by atoms with Gasteiger partial charge in [0.05, 0.1) is 5.52 Å². The number of carbonyl (C=O) groups is 1. The lowest BCUT2D eigenvalue weighted by Crippen LogP contribution is -2.22. The van der Waals surface area contributed by atoms with Crippen LogP contribution in [0.4, 0.5) is 5.82 Å². The number of nitrogens with zero attached hydrogens (tertiary/aromatic N) is 2. The van der Waals surface area contributed by atoms with Gasteiger partial charge in [0.2, 0.25) is 5.91 Å².